The van der Waals surface area contributed by atoms with Crippen LogP contribution in [0.5, 0.6) is 0 Å². The van der Waals surface area contributed by atoms with Crippen LogP contribution in [0.3, 0.4) is 0 Å². The molecule has 0 bridgehead atoms. The van der Waals surface area contributed by atoms with E-state index in [0.29, 0.717) is 6.04 Å². The van der Waals surface area contributed by atoms with Crippen molar-refractivity contribution in [2.45, 2.75) is 76.9 Å². The molecule has 2 aliphatic heterocycles. The van der Waals surface area contributed by atoms with Gasteiger partial charge < -0.3 is 10.6 Å². The highest BCUT2D eigenvalue weighted by molar-refractivity contribution is 5.80. The van der Waals surface area contributed by atoms with E-state index in [9.17, 15) is 9.59 Å². The number of nitrogens with zero attached hydrogens (tertiary/aromatic N) is 2. The molecule has 2 rings (SSSR count). The first-order valence-corrected chi connectivity index (χ1v) is 8.38. The topological polar surface area (TPSA) is 66.6 Å². The van der Waals surface area contributed by atoms with E-state index in [4.69, 9.17) is 5.73 Å². The number of likely N-dealkylation sites (tertiary alicyclic amines) is 2. The molecule has 2 saturated heterocycles. The summed E-state index contributed by atoms with van der Waals surface area (Å²) < 4.78 is 0. The maximum Gasteiger partial charge on any atom is 0.234 e. The molecule has 21 heavy (non-hydrogen) atoms. The van der Waals surface area contributed by atoms with Crippen LogP contribution in [0.4, 0.5) is 0 Å². The van der Waals surface area contributed by atoms with E-state index >= 15 is 0 Å². The van der Waals surface area contributed by atoms with E-state index < -0.39 is 0 Å². The van der Waals surface area contributed by atoms with Crippen molar-refractivity contribution in [2.75, 3.05) is 13.1 Å². The van der Waals surface area contributed by atoms with Gasteiger partial charge in [0.05, 0.1) is 6.04 Å². The molecule has 0 aliphatic carbocycles. The summed E-state index contributed by atoms with van der Waals surface area (Å²) in [6.45, 7) is 5.58. The Labute approximate surface area is 127 Å². The van der Waals surface area contributed by atoms with E-state index in [0.717, 1.165) is 58.0 Å². The summed E-state index contributed by atoms with van der Waals surface area (Å²) in [6.07, 6.45) is 7.25. The van der Waals surface area contributed by atoms with Gasteiger partial charge >= 0.3 is 0 Å². The third-order valence-corrected chi connectivity index (χ3v) is 5.05. The van der Waals surface area contributed by atoms with Crippen LogP contribution in [0.1, 0.15) is 58.8 Å². The van der Waals surface area contributed by atoms with Gasteiger partial charge in [0, 0.05) is 25.6 Å². The monoisotopic (exact) mass is 295 g/mol. The summed E-state index contributed by atoms with van der Waals surface area (Å²) in [5.41, 5.74) is 5.65. The maximum atomic E-state index is 11.9. The summed E-state index contributed by atoms with van der Waals surface area (Å²) in [5.74, 6) is -0.0451. The molecule has 2 aliphatic rings. The molecule has 3 atom stereocenters. The second kappa shape index (κ2) is 7.25. The Morgan fingerprint density at radius 1 is 1.19 bits per heavy atom. The Balaban J connectivity index is 2.11. The Kier molecular flexibility index (Phi) is 5.62. The number of rotatable bonds is 6. The number of primary amides is 1. The molecular weight excluding hydrogens is 266 g/mol. The van der Waals surface area contributed by atoms with E-state index in [-0.39, 0.29) is 23.9 Å². The fourth-order valence-electron chi connectivity index (χ4n) is 4.07. The Hall–Kier alpha value is -1.10. The lowest BCUT2D eigenvalue weighted by Crippen LogP contribution is -2.54. The van der Waals surface area contributed by atoms with Gasteiger partial charge in [-0.3, -0.25) is 14.5 Å². The lowest BCUT2D eigenvalue weighted by molar-refractivity contribution is -0.131. The second-order valence-electron chi connectivity index (χ2n) is 6.43. The predicted molar refractivity (Wildman–Crippen MR) is 82.6 cm³/mol. The highest BCUT2D eigenvalue weighted by Gasteiger charge is 2.42. The SMILES string of the molecule is CCCCC(C(N)=O)N1CCCC1C1CCCN1C(C)=O. The molecule has 0 aromatic carbocycles. The molecule has 5 heteroatoms. The smallest absolute Gasteiger partial charge is 0.234 e. The van der Waals surface area contributed by atoms with Gasteiger partial charge in [-0.15, -0.1) is 0 Å². The van der Waals surface area contributed by atoms with Crippen molar-refractivity contribution in [3.05, 3.63) is 0 Å². The lowest BCUT2D eigenvalue weighted by Gasteiger charge is -2.37. The molecule has 0 spiro atoms. The van der Waals surface area contributed by atoms with Gasteiger partial charge in [-0.1, -0.05) is 19.8 Å². The minimum atomic E-state index is -0.206. The van der Waals surface area contributed by atoms with Crippen molar-refractivity contribution in [3.8, 4) is 0 Å². The highest BCUT2D eigenvalue weighted by atomic mass is 16.2. The van der Waals surface area contributed by atoms with E-state index in [1.54, 1.807) is 6.92 Å². The molecular formula is C16H29N3O2. The Morgan fingerprint density at radius 3 is 2.48 bits per heavy atom. The van der Waals surface area contributed by atoms with Crippen LogP contribution in [0.2, 0.25) is 0 Å². The molecule has 120 valence electrons. The number of nitrogens with two attached hydrogens (primary N) is 1. The third kappa shape index (κ3) is 3.57. The number of carbonyl (C=O) groups excluding carboxylic acids is 2. The molecule has 0 aromatic heterocycles. The predicted octanol–water partition coefficient (Wildman–Crippen LogP) is 1.51. The van der Waals surface area contributed by atoms with Crippen molar-refractivity contribution in [2.24, 2.45) is 5.73 Å². The number of amides is 2. The van der Waals surface area contributed by atoms with Crippen molar-refractivity contribution in [3.63, 3.8) is 0 Å². The van der Waals surface area contributed by atoms with Crippen LogP contribution in [0.15, 0.2) is 0 Å². The van der Waals surface area contributed by atoms with Gasteiger partial charge in [-0.25, -0.2) is 0 Å². The summed E-state index contributed by atoms with van der Waals surface area (Å²) in [6, 6.07) is 0.422. The number of hydrogen-bond donors (Lipinski definition) is 1. The standard InChI is InChI=1S/C16H29N3O2/c1-3-4-7-15(16(17)21)19-11-6-9-14(19)13-8-5-10-18(13)12(2)20/h13-15H,3-11H2,1-2H3,(H2,17,21). The van der Waals surface area contributed by atoms with Gasteiger partial charge in [0.1, 0.15) is 0 Å². The van der Waals surface area contributed by atoms with E-state index in [1.807, 2.05) is 4.90 Å². The van der Waals surface area contributed by atoms with Crippen LogP contribution >= 0.6 is 0 Å². The second-order valence-corrected chi connectivity index (χ2v) is 6.43. The zero-order valence-corrected chi connectivity index (χ0v) is 13.4. The zero-order valence-electron chi connectivity index (χ0n) is 13.4. The van der Waals surface area contributed by atoms with Crippen molar-refractivity contribution in [1.82, 2.24) is 9.80 Å². The molecule has 2 amide bonds. The number of hydrogen-bond acceptors (Lipinski definition) is 3. The highest BCUT2D eigenvalue weighted by Crippen LogP contribution is 2.32. The summed E-state index contributed by atoms with van der Waals surface area (Å²) >= 11 is 0. The number of unbranched alkanes of at least 4 members (excludes halogenated alkanes) is 1. The quantitative estimate of drug-likeness (QED) is 0.807. The van der Waals surface area contributed by atoms with Gasteiger partial charge in [-0.2, -0.15) is 0 Å². The van der Waals surface area contributed by atoms with Crippen LogP contribution in [-0.2, 0) is 9.59 Å². The molecule has 2 fully saturated rings. The lowest BCUT2D eigenvalue weighted by atomic mass is 10.00. The number of carbonyl (C=O) groups is 2. The van der Waals surface area contributed by atoms with Crippen LogP contribution in [0.25, 0.3) is 0 Å². The Morgan fingerprint density at radius 2 is 1.86 bits per heavy atom. The van der Waals surface area contributed by atoms with Crippen LogP contribution < -0.4 is 5.73 Å². The summed E-state index contributed by atoms with van der Waals surface area (Å²) in [4.78, 5) is 28.0. The average Bonchev–Trinajstić information content (AvgIpc) is 3.06. The summed E-state index contributed by atoms with van der Waals surface area (Å²) in [5, 5.41) is 0. The molecule has 3 unspecified atom stereocenters. The zero-order chi connectivity index (χ0) is 15.4. The molecule has 0 aromatic rings. The van der Waals surface area contributed by atoms with E-state index in [1.165, 1.54) is 0 Å². The third-order valence-electron chi connectivity index (χ3n) is 5.05. The van der Waals surface area contributed by atoms with Gasteiger partial charge in [0.15, 0.2) is 0 Å². The minimum absolute atomic E-state index is 0.160. The van der Waals surface area contributed by atoms with Gasteiger partial charge in [-0.05, 0) is 38.6 Å². The van der Waals surface area contributed by atoms with Crippen molar-refractivity contribution in [1.29, 1.82) is 0 Å². The van der Waals surface area contributed by atoms with Crippen molar-refractivity contribution < 1.29 is 9.59 Å². The van der Waals surface area contributed by atoms with Crippen molar-refractivity contribution >= 4 is 11.8 Å². The van der Waals surface area contributed by atoms with E-state index in [2.05, 4.69) is 11.8 Å². The van der Waals surface area contributed by atoms with Crippen LogP contribution in [-0.4, -0.2) is 52.8 Å². The first kappa shape index (κ1) is 16.3. The first-order chi connectivity index (χ1) is 10.1. The maximum absolute atomic E-state index is 11.9. The fourth-order valence-corrected chi connectivity index (χ4v) is 4.07. The molecule has 2 N–H and O–H groups in total. The minimum Gasteiger partial charge on any atom is -0.368 e. The molecule has 2 heterocycles. The Bertz CT molecular complexity index is 386. The van der Waals surface area contributed by atoms with Gasteiger partial charge in [0.2, 0.25) is 11.8 Å². The largest absolute Gasteiger partial charge is 0.368 e. The first-order valence-electron chi connectivity index (χ1n) is 8.38. The normalized spacial score (nSPS) is 28.0. The molecule has 0 saturated carbocycles. The van der Waals surface area contributed by atoms with Gasteiger partial charge in [0.25, 0.3) is 0 Å². The summed E-state index contributed by atoms with van der Waals surface area (Å²) in [7, 11) is 0. The fraction of sp³-hybridized carbons (Fsp3) is 0.875. The molecule has 5 nitrogen and oxygen atoms in total. The van der Waals surface area contributed by atoms with Crippen LogP contribution in [0, 0.1) is 0 Å². The average molecular weight is 295 g/mol. The molecule has 0 radical (unpaired) electrons.